The molecule has 6 nitrogen and oxygen atoms in total. The minimum atomic E-state index is 0.399. The molecule has 20 heavy (non-hydrogen) atoms. The van der Waals surface area contributed by atoms with Gasteiger partial charge < -0.3 is 16.0 Å². The number of pyridine rings is 1. The van der Waals surface area contributed by atoms with Crippen LogP contribution in [0.3, 0.4) is 0 Å². The van der Waals surface area contributed by atoms with Gasteiger partial charge in [0.05, 0.1) is 17.4 Å². The Morgan fingerprint density at radius 3 is 2.60 bits per heavy atom. The zero-order valence-corrected chi connectivity index (χ0v) is 11.6. The van der Waals surface area contributed by atoms with Crippen LogP contribution in [0.2, 0.25) is 0 Å². The Morgan fingerprint density at radius 1 is 1.20 bits per heavy atom. The molecule has 2 heterocycles. The molecule has 0 atom stereocenters. The van der Waals surface area contributed by atoms with E-state index in [4.69, 9.17) is 16.0 Å². The highest BCUT2D eigenvalue weighted by Crippen LogP contribution is 2.42. The number of nitrogen functional groups attached to an aromatic ring is 2. The third-order valence-corrected chi connectivity index (χ3v) is 3.93. The van der Waals surface area contributed by atoms with Gasteiger partial charge in [-0.25, -0.2) is 4.98 Å². The molecule has 0 aromatic carbocycles. The third kappa shape index (κ3) is 2.21. The van der Waals surface area contributed by atoms with Gasteiger partial charge in [0.2, 0.25) is 0 Å². The number of hydrogen-bond acceptors (Lipinski definition) is 6. The second-order valence-electron chi connectivity index (χ2n) is 5.37. The van der Waals surface area contributed by atoms with E-state index in [1.54, 1.807) is 13.1 Å². The normalized spacial score (nSPS) is 16.4. The maximum absolute atomic E-state index is 6.16. The van der Waals surface area contributed by atoms with Gasteiger partial charge in [-0.3, -0.25) is 0 Å². The highest BCUT2D eigenvalue weighted by Gasteiger charge is 2.26. The van der Waals surface area contributed by atoms with Crippen LogP contribution in [-0.4, -0.2) is 15.1 Å². The molecule has 1 saturated carbocycles. The molecule has 2 aromatic rings. The van der Waals surface area contributed by atoms with Crippen molar-refractivity contribution >= 4 is 11.5 Å². The zero-order chi connectivity index (χ0) is 14.1. The molecule has 0 bridgehead atoms. The van der Waals surface area contributed by atoms with Crippen LogP contribution in [0.5, 0.6) is 0 Å². The molecule has 4 N–H and O–H groups in total. The highest BCUT2D eigenvalue weighted by molar-refractivity contribution is 5.77. The number of aromatic nitrogens is 3. The first-order valence-electron chi connectivity index (χ1n) is 7.01. The molecular weight excluding hydrogens is 254 g/mol. The molecule has 1 aliphatic carbocycles. The van der Waals surface area contributed by atoms with Crippen molar-refractivity contribution in [1.29, 1.82) is 0 Å². The van der Waals surface area contributed by atoms with Crippen LogP contribution in [0.1, 0.15) is 49.4 Å². The van der Waals surface area contributed by atoms with E-state index in [0.29, 0.717) is 29.1 Å². The quantitative estimate of drug-likeness (QED) is 0.871. The number of nitrogens with zero attached hydrogens (tertiary/aromatic N) is 3. The molecule has 0 amide bonds. The van der Waals surface area contributed by atoms with E-state index in [9.17, 15) is 0 Å². The van der Waals surface area contributed by atoms with E-state index in [0.717, 1.165) is 24.0 Å². The van der Waals surface area contributed by atoms with E-state index in [-0.39, 0.29) is 0 Å². The van der Waals surface area contributed by atoms with E-state index in [1.165, 1.54) is 19.3 Å². The molecule has 106 valence electrons. The van der Waals surface area contributed by atoms with Gasteiger partial charge >= 0.3 is 0 Å². The monoisotopic (exact) mass is 273 g/mol. The predicted octanol–water partition coefficient (Wildman–Crippen LogP) is 2.65. The van der Waals surface area contributed by atoms with Gasteiger partial charge in [-0.15, -0.1) is 0 Å². The average Bonchev–Trinajstić information content (AvgIpc) is 2.88. The lowest BCUT2D eigenvalue weighted by atomic mass is 9.81. The molecule has 0 aliphatic heterocycles. The maximum atomic E-state index is 6.16. The first-order chi connectivity index (χ1) is 9.66. The van der Waals surface area contributed by atoms with Gasteiger partial charge in [0.15, 0.2) is 5.82 Å². The summed E-state index contributed by atoms with van der Waals surface area (Å²) in [4.78, 5) is 8.43. The van der Waals surface area contributed by atoms with E-state index in [2.05, 4.69) is 15.1 Å². The highest BCUT2D eigenvalue weighted by atomic mass is 16.5. The summed E-state index contributed by atoms with van der Waals surface area (Å²) in [7, 11) is 0. The second kappa shape index (κ2) is 5.11. The molecule has 2 aromatic heterocycles. The van der Waals surface area contributed by atoms with Crippen LogP contribution in [0, 0.1) is 6.92 Å². The summed E-state index contributed by atoms with van der Waals surface area (Å²) in [6, 6.07) is 0. The van der Waals surface area contributed by atoms with Crippen molar-refractivity contribution in [2.45, 2.75) is 44.9 Å². The van der Waals surface area contributed by atoms with Crippen molar-refractivity contribution in [3.05, 3.63) is 17.6 Å². The summed E-state index contributed by atoms with van der Waals surface area (Å²) >= 11 is 0. The topological polar surface area (TPSA) is 104 Å². The molecule has 0 radical (unpaired) electrons. The van der Waals surface area contributed by atoms with Crippen LogP contribution >= 0.6 is 0 Å². The zero-order valence-electron chi connectivity index (χ0n) is 11.6. The summed E-state index contributed by atoms with van der Waals surface area (Å²) in [6.07, 6.45) is 7.59. The van der Waals surface area contributed by atoms with Crippen molar-refractivity contribution in [2.24, 2.45) is 0 Å². The minimum absolute atomic E-state index is 0.399. The van der Waals surface area contributed by atoms with E-state index in [1.807, 2.05) is 0 Å². The average molecular weight is 273 g/mol. The molecule has 6 heteroatoms. The van der Waals surface area contributed by atoms with E-state index >= 15 is 0 Å². The Morgan fingerprint density at radius 2 is 1.95 bits per heavy atom. The van der Waals surface area contributed by atoms with Gasteiger partial charge in [0, 0.05) is 0 Å². The Bertz CT molecular complexity index is 616. The minimum Gasteiger partial charge on any atom is -0.397 e. The lowest BCUT2D eigenvalue weighted by Gasteiger charge is -2.25. The third-order valence-electron chi connectivity index (χ3n) is 3.93. The van der Waals surface area contributed by atoms with Crippen molar-refractivity contribution in [3.63, 3.8) is 0 Å². The standard InChI is InChI=1S/C14H19N5O/c1-8-18-14(20-19-8)12-11(9-5-3-2-4-6-9)10(15)7-17-13(12)16/h7,9H,2-6,15H2,1H3,(H2,16,17). The van der Waals surface area contributed by atoms with Crippen LogP contribution in [0.25, 0.3) is 11.5 Å². The van der Waals surface area contributed by atoms with Gasteiger partial charge in [0.25, 0.3) is 5.89 Å². The SMILES string of the molecule is Cc1noc(-c2c(N)ncc(N)c2C2CCCCC2)n1. The van der Waals surface area contributed by atoms with Crippen LogP contribution in [0.4, 0.5) is 11.5 Å². The number of aryl methyl sites for hydroxylation is 1. The Balaban J connectivity index is 2.14. The summed E-state index contributed by atoms with van der Waals surface area (Å²) in [5.41, 5.74) is 14.6. The maximum Gasteiger partial charge on any atom is 0.262 e. The van der Waals surface area contributed by atoms with Crippen molar-refractivity contribution in [3.8, 4) is 11.5 Å². The van der Waals surface area contributed by atoms with Crippen LogP contribution in [-0.2, 0) is 0 Å². The molecule has 0 unspecified atom stereocenters. The lowest BCUT2D eigenvalue weighted by Crippen LogP contribution is -2.11. The largest absolute Gasteiger partial charge is 0.397 e. The molecule has 0 spiro atoms. The smallest absolute Gasteiger partial charge is 0.262 e. The molecule has 1 fully saturated rings. The molecular formula is C14H19N5O. The number of nitrogens with two attached hydrogens (primary N) is 2. The molecule has 1 aliphatic rings. The van der Waals surface area contributed by atoms with Gasteiger partial charge in [-0.2, -0.15) is 4.98 Å². The molecule has 0 saturated heterocycles. The summed E-state index contributed by atoms with van der Waals surface area (Å²) in [6.45, 7) is 1.78. The van der Waals surface area contributed by atoms with Crippen molar-refractivity contribution < 1.29 is 4.52 Å². The predicted molar refractivity (Wildman–Crippen MR) is 76.9 cm³/mol. The van der Waals surface area contributed by atoms with Gasteiger partial charge in [0.1, 0.15) is 5.82 Å². The first kappa shape index (κ1) is 12.9. The number of hydrogen-bond donors (Lipinski definition) is 2. The fraction of sp³-hybridized carbons (Fsp3) is 0.500. The Hall–Kier alpha value is -2.11. The number of anilines is 2. The first-order valence-corrected chi connectivity index (χ1v) is 7.01. The van der Waals surface area contributed by atoms with Gasteiger partial charge in [-0.1, -0.05) is 24.4 Å². The van der Waals surface area contributed by atoms with Gasteiger partial charge in [-0.05, 0) is 31.2 Å². The van der Waals surface area contributed by atoms with Crippen LogP contribution in [0.15, 0.2) is 10.7 Å². The van der Waals surface area contributed by atoms with Crippen molar-refractivity contribution in [2.75, 3.05) is 11.5 Å². The molecule has 3 rings (SSSR count). The Labute approximate surface area is 117 Å². The second-order valence-corrected chi connectivity index (χ2v) is 5.37. The summed E-state index contributed by atoms with van der Waals surface area (Å²) in [5.74, 6) is 1.80. The summed E-state index contributed by atoms with van der Waals surface area (Å²) < 4.78 is 5.28. The Kier molecular flexibility index (Phi) is 3.30. The van der Waals surface area contributed by atoms with Crippen molar-refractivity contribution in [1.82, 2.24) is 15.1 Å². The summed E-state index contributed by atoms with van der Waals surface area (Å²) in [5, 5.41) is 3.84. The number of rotatable bonds is 2. The fourth-order valence-corrected chi connectivity index (χ4v) is 3.01. The van der Waals surface area contributed by atoms with Crippen LogP contribution < -0.4 is 11.5 Å². The fourth-order valence-electron chi connectivity index (χ4n) is 3.01. The lowest BCUT2D eigenvalue weighted by molar-refractivity contribution is 0.421. The van der Waals surface area contributed by atoms with E-state index < -0.39 is 0 Å².